The molecule has 2 aromatic rings. The van der Waals surface area contributed by atoms with Crippen LogP contribution in [0.25, 0.3) is 0 Å². The van der Waals surface area contributed by atoms with Gasteiger partial charge >= 0.3 is 0 Å². The van der Waals surface area contributed by atoms with Crippen molar-refractivity contribution in [3.63, 3.8) is 0 Å². The van der Waals surface area contributed by atoms with Crippen molar-refractivity contribution in [3.8, 4) is 5.75 Å². The van der Waals surface area contributed by atoms with Gasteiger partial charge in [-0.2, -0.15) is 0 Å². The molecule has 1 aromatic heterocycles. The summed E-state index contributed by atoms with van der Waals surface area (Å²) in [6.07, 6.45) is 0. The number of thiophene rings is 1. The van der Waals surface area contributed by atoms with E-state index in [1.807, 2.05) is 23.5 Å². The summed E-state index contributed by atoms with van der Waals surface area (Å²) in [7, 11) is 0. The fraction of sp³-hybridized carbons (Fsp3) is 0.444. The van der Waals surface area contributed by atoms with Crippen molar-refractivity contribution in [1.29, 1.82) is 0 Å². The molecular weight excluding hydrogens is 278 g/mol. The molecule has 2 nitrogen and oxygen atoms in total. The largest absolute Gasteiger partial charge is 0.488 e. The molecule has 114 valence electrons. The lowest BCUT2D eigenvalue weighted by atomic mass is 10.1. The monoisotopic (exact) mass is 303 g/mol. The molecule has 1 heterocycles. The molecule has 0 radical (unpaired) electrons. The van der Waals surface area contributed by atoms with Crippen LogP contribution in [0.1, 0.15) is 34.7 Å². The molecule has 0 spiro atoms. The molecule has 0 bridgehead atoms. The van der Waals surface area contributed by atoms with Gasteiger partial charge in [0.1, 0.15) is 12.4 Å². The van der Waals surface area contributed by atoms with E-state index in [0.29, 0.717) is 12.5 Å². The first-order chi connectivity index (χ1) is 10.1. The van der Waals surface area contributed by atoms with Crippen LogP contribution >= 0.6 is 11.3 Å². The molecule has 3 heteroatoms. The van der Waals surface area contributed by atoms with Crippen LogP contribution in [-0.2, 0) is 13.2 Å². The van der Waals surface area contributed by atoms with Gasteiger partial charge in [-0.05, 0) is 55.6 Å². The Morgan fingerprint density at radius 2 is 1.86 bits per heavy atom. The van der Waals surface area contributed by atoms with Crippen molar-refractivity contribution in [1.82, 2.24) is 5.32 Å². The number of benzene rings is 1. The first kappa shape index (κ1) is 16.1. The highest BCUT2D eigenvalue weighted by atomic mass is 32.1. The SMILES string of the molecule is Cc1cccc(OCc2ccc(CNCC(C)C)s2)c1C. The molecule has 0 atom stereocenters. The summed E-state index contributed by atoms with van der Waals surface area (Å²) in [5, 5.41) is 3.47. The number of aryl methyl sites for hydroxylation is 1. The van der Waals surface area contributed by atoms with Gasteiger partial charge in [-0.25, -0.2) is 0 Å². The standard InChI is InChI=1S/C18H25NOS/c1-13(2)10-19-11-16-8-9-17(21-16)12-20-18-7-5-6-14(3)15(18)4/h5-9,13,19H,10-12H2,1-4H3. The fourth-order valence-corrected chi connectivity index (χ4v) is 3.01. The first-order valence-corrected chi connectivity index (χ1v) is 8.35. The molecule has 1 N–H and O–H groups in total. The Balaban J connectivity index is 1.86. The minimum absolute atomic E-state index is 0.652. The van der Waals surface area contributed by atoms with Crippen LogP contribution in [0.3, 0.4) is 0 Å². The van der Waals surface area contributed by atoms with Crippen LogP contribution in [0.15, 0.2) is 30.3 Å². The first-order valence-electron chi connectivity index (χ1n) is 7.53. The quantitative estimate of drug-likeness (QED) is 0.801. The zero-order chi connectivity index (χ0) is 15.2. The van der Waals surface area contributed by atoms with Crippen molar-refractivity contribution in [3.05, 3.63) is 51.2 Å². The van der Waals surface area contributed by atoms with E-state index in [-0.39, 0.29) is 0 Å². The highest BCUT2D eigenvalue weighted by molar-refractivity contribution is 7.11. The number of hydrogen-bond acceptors (Lipinski definition) is 3. The Labute approximate surface area is 132 Å². The molecule has 0 aliphatic rings. The third kappa shape index (κ3) is 4.87. The third-order valence-corrected chi connectivity index (χ3v) is 4.55. The summed E-state index contributed by atoms with van der Waals surface area (Å²) >= 11 is 1.83. The van der Waals surface area contributed by atoms with Gasteiger partial charge in [-0.1, -0.05) is 26.0 Å². The molecule has 2 rings (SSSR count). The van der Waals surface area contributed by atoms with Crippen LogP contribution in [0.4, 0.5) is 0 Å². The summed E-state index contributed by atoms with van der Waals surface area (Å²) < 4.78 is 5.95. The topological polar surface area (TPSA) is 21.3 Å². The molecule has 0 fully saturated rings. The van der Waals surface area contributed by atoms with Crippen LogP contribution in [-0.4, -0.2) is 6.54 Å². The van der Waals surface area contributed by atoms with Gasteiger partial charge < -0.3 is 10.1 Å². The van der Waals surface area contributed by atoms with Crippen LogP contribution < -0.4 is 10.1 Å². The smallest absolute Gasteiger partial charge is 0.123 e. The molecular formula is C18H25NOS. The summed E-state index contributed by atoms with van der Waals surface area (Å²) in [5.41, 5.74) is 2.50. The Bertz CT molecular complexity index is 574. The zero-order valence-electron chi connectivity index (χ0n) is 13.4. The fourth-order valence-electron chi connectivity index (χ4n) is 2.11. The maximum Gasteiger partial charge on any atom is 0.123 e. The number of hydrogen-bond donors (Lipinski definition) is 1. The van der Waals surface area contributed by atoms with Crippen LogP contribution in [0.2, 0.25) is 0 Å². The van der Waals surface area contributed by atoms with Gasteiger partial charge in [0.2, 0.25) is 0 Å². The van der Waals surface area contributed by atoms with E-state index < -0.39 is 0 Å². The minimum Gasteiger partial charge on any atom is -0.488 e. The lowest BCUT2D eigenvalue weighted by molar-refractivity contribution is 0.307. The summed E-state index contributed by atoms with van der Waals surface area (Å²) in [6.45, 7) is 11.3. The average Bonchev–Trinajstić information content (AvgIpc) is 2.88. The maximum atomic E-state index is 5.95. The molecule has 0 aliphatic heterocycles. The highest BCUT2D eigenvalue weighted by Crippen LogP contribution is 2.23. The van der Waals surface area contributed by atoms with Crippen molar-refractivity contribution in [2.45, 2.75) is 40.8 Å². The Kier molecular flexibility index (Phi) is 5.83. The van der Waals surface area contributed by atoms with E-state index in [9.17, 15) is 0 Å². The predicted molar refractivity (Wildman–Crippen MR) is 91.1 cm³/mol. The molecule has 1 aromatic carbocycles. The van der Waals surface area contributed by atoms with Gasteiger partial charge in [0.15, 0.2) is 0 Å². The summed E-state index contributed by atoms with van der Waals surface area (Å²) in [4.78, 5) is 2.65. The molecule has 21 heavy (non-hydrogen) atoms. The minimum atomic E-state index is 0.652. The Morgan fingerprint density at radius 1 is 1.10 bits per heavy atom. The van der Waals surface area contributed by atoms with Gasteiger partial charge in [-0.3, -0.25) is 0 Å². The normalized spacial score (nSPS) is 11.1. The van der Waals surface area contributed by atoms with Gasteiger partial charge in [0, 0.05) is 16.3 Å². The third-order valence-electron chi connectivity index (χ3n) is 3.49. The van der Waals surface area contributed by atoms with E-state index in [4.69, 9.17) is 4.74 Å². The van der Waals surface area contributed by atoms with E-state index >= 15 is 0 Å². The van der Waals surface area contributed by atoms with Crippen molar-refractivity contribution >= 4 is 11.3 Å². The lowest BCUT2D eigenvalue weighted by Crippen LogP contribution is -2.18. The van der Waals surface area contributed by atoms with Crippen molar-refractivity contribution in [2.24, 2.45) is 5.92 Å². The second-order valence-electron chi connectivity index (χ2n) is 5.88. The Morgan fingerprint density at radius 3 is 2.62 bits per heavy atom. The molecule has 0 saturated carbocycles. The van der Waals surface area contributed by atoms with Gasteiger partial charge in [-0.15, -0.1) is 11.3 Å². The number of nitrogens with one attached hydrogen (secondary N) is 1. The van der Waals surface area contributed by atoms with E-state index in [1.165, 1.54) is 20.9 Å². The second-order valence-corrected chi connectivity index (χ2v) is 7.13. The molecule has 0 saturated heterocycles. The van der Waals surface area contributed by atoms with E-state index in [0.717, 1.165) is 18.8 Å². The average molecular weight is 303 g/mol. The lowest BCUT2D eigenvalue weighted by Gasteiger charge is -2.09. The van der Waals surface area contributed by atoms with Crippen LogP contribution in [0, 0.1) is 19.8 Å². The zero-order valence-corrected chi connectivity index (χ0v) is 14.2. The van der Waals surface area contributed by atoms with Gasteiger partial charge in [0.25, 0.3) is 0 Å². The Hall–Kier alpha value is -1.32. The number of ether oxygens (including phenoxy) is 1. The molecule has 0 unspecified atom stereocenters. The second kappa shape index (κ2) is 7.62. The van der Waals surface area contributed by atoms with Crippen molar-refractivity contribution < 1.29 is 4.74 Å². The number of rotatable bonds is 7. The molecule has 0 amide bonds. The predicted octanol–water partition coefficient (Wildman–Crippen LogP) is 4.69. The van der Waals surface area contributed by atoms with Crippen molar-refractivity contribution in [2.75, 3.05) is 6.54 Å². The van der Waals surface area contributed by atoms with E-state index in [1.54, 1.807) is 0 Å². The highest BCUT2D eigenvalue weighted by Gasteiger charge is 2.05. The summed E-state index contributed by atoms with van der Waals surface area (Å²) in [5.74, 6) is 1.68. The van der Waals surface area contributed by atoms with Gasteiger partial charge in [0.05, 0.1) is 0 Å². The van der Waals surface area contributed by atoms with E-state index in [2.05, 4.69) is 51.2 Å². The summed E-state index contributed by atoms with van der Waals surface area (Å²) in [6, 6.07) is 10.6. The van der Waals surface area contributed by atoms with Crippen LogP contribution in [0.5, 0.6) is 5.75 Å². The molecule has 0 aliphatic carbocycles. The maximum absolute atomic E-state index is 5.95.